The third kappa shape index (κ3) is 6.41. The molecule has 1 saturated carbocycles. The second kappa shape index (κ2) is 11.0. The second-order valence-corrected chi connectivity index (χ2v) is 12.7. The lowest BCUT2D eigenvalue weighted by atomic mass is 9.93. The quantitative estimate of drug-likeness (QED) is 0.411. The van der Waals surface area contributed by atoms with E-state index in [2.05, 4.69) is 19.9 Å². The smallest absolute Gasteiger partial charge is 0.274 e. The number of carbonyl (C=O) groups excluding carboxylic acids is 1. The average Bonchev–Trinajstić information content (AvgIpc) is 3.68. The van der Waals surface area contributed by atoms with Crippen molar-refractivity contribution >= 4 is 38.8 Å². The molecule has 3 heterocycles. The summed E-state index contributed by atoms with van der Waals surface area (Å²) in [4.78, 5) is 21.7. The van der Waals surface area contributed by atoms with E-state index < -0.39 is 34.2 Å². The van der Waals surface area contributed by atoms with Crippen LogP contribution in [0, 0.1) is 5.41 Å². The van der Waals surface area contributed by atoms with E-state index in [4.69, 9.17) is 9.84 Å². The monoisotopic (exact) mass is 579 g/mol. The van der Waals surface area contributed by atoms with Gasteiger partial charge in [-0.25, -0.2) is 22.2 Å². The average molecular weight is 580 g/mol. The van der Waals surface area contributed by atoms with E-state index >= 15 is 0 Å². The minimum absolute atomic E-state index is 0.0929. The van der Waals surface area contributed by atoms with Gasteiger partial charge in [0.25, 0.3) is 11.8 Å². The molecule has 0 bridgehead atoms. The largest absolute Gasteiger partial charge is 0.493 e. The molecule has 3 fully saturated rings. The lowest BCUT2D eigenvalue weighted by Crippen LogP contribution is -2.40. The van der Waals surface area contributed by atoms with Crippen molar-refractivity contribution in [3.63, 3.8) is 0 Å². The van der Waals surface area contributed by atoms with Gasteiger partial charge in [-0.05, 0) is 61.4 Å². The number of aromatic nitrogens is 1. The van der Waals surface area contributed by atoms with Crippen LogP contribution in [0.3, 0.4) is 0 Å². The number of rotatable bonds is 9. The van der Waals surface area contributed by atoms with Crippen molar-refractivity contribution in [1.29, 1.82) is 0 Å². The third-order valence-electron chi connectivity index (χ3n) is 8.09. The number of ether oxygens (including phenoxy) is 1. The van der Waals surface area contributed by atoms with E-state index in [0.717, 1.165) is 25.9 Å². The van der Waals surface area contributed by atoms with Crippen LogP contribution in [-0.2, 0) is 10.0 Å². The van der Waals surface area contributed by atoms with Crippen molar-refractivity contribution in [2.45, 2.75) is 44.4 Å². The number of methoxy groups -OCH3 is 1. The van der Waals surface area contributed by atoms with Crippen molar-refractivity contribution < 1.29 is 31.8 Å². The molecule has 0 unspecified atom stereocenters. The van der Waals surface area contributed by atoms with Crippen LogP contribution >= 0.6 is 0 Å². The molecule has 3 aliphatic rings. The second-order valence-electron chi connectivity index (χ2n) is 10.9. The van der Waals surface area contributed by atoms with Crippen LogP contribution in [0.4, 0.5) is 31.7 Å². The molecule has 13 heteroatoms. The van der Waals surface area contributed by atoms with Crippen molar-refractivity contribution in [3.8, 4) is 5.75 Å². The molecule has 1 aromatic carbocycles. The molecule has 2 aliphatic heterocycles. The number of anilines is 4. The Kier molecular flexibility index (Phi) is 7.79. The van der Waals surface area contributed by atoms with E-state index in [1.54, 1.807) is 29.2 Å². The van der Waals surface area contributed by atoms with Crippen molar-refractivity contribution in [2.75, 3.05) is 65.5 Å². The number of sulfonamides is 1. The number of nitrogens with zero attached hydrogens (tertiary/aromatic N) is 3. The topological polar surface area (TPSA) is 124 Å². The summed E-state index contributed by atoms with van der Waals surface area (Å²) in [5.74, 6) is -2.90. The molecule has 218 valence electrons. The fraction of sp³-hybridized carbons (Fsp3) is 0.556. The molecule has 1 spiro atoms. The molecule has 0 radical (unpaired) electrons. The molecule has 40 heavy (non-hydrogen) atoms. The molecule has 1 aromatic heterocycles. The number of hydrogen-bond acceptors (Lipinski definition) is 8. The van der Waals surface area contributed by atoms with Crippen LogP contribution < -0.4 is 24.6 Å². The van der Waals surface area contributed by atoms with Gasteiger partial charge in [-0.15, -0.1) is 0 Å². The van der Waals surface area contributed by atoms with E-state index in [1.807, 2.05) is 0 Å². The van der Waals surface area contributed by atoms with Crippen molar-refractivity contribution in [1.82, 2.24) is 4.98 Å². The molecule has 2 saturated heterocycles. The summed E-state index contributed by atoms with van der Waals surface area (Å²) in [6.07, 6.45) is 3.90. The molecular weight excluding hydrogens is 544 g/mol. The molecule has 1 amide bonds. The number of aliphatic hydroxyl groups excluding tert-OH is 1. The molecule has 5 rings (SSSR count). The van der Waals surface area contributed by atoms with E-state index in [1.165, 1.54) is 26.0 Å². The fourth-order valence-electron chi connectivity index (χ4n) is 5.39. The highest BCUT2D eigenvalue weighted by Crippen LogP contribution is 2.54. The van der Waals surface area contributed by atoms with E-state index in [-0.39, 0.29) is 31.6 Å². The van der Waals surface area contributed by atoms with Gasteiger partial charge in [0.1, 0.15) is 5.69 Å². The predicted molar refractivity (Wildman–Crippen MR) is 149 cm³/mol. The van der Waals surface area contributed by atoms with Gasteiger partial charge in [-0.3, -0.25) is 9.52 Å². The van der Waals surface area contributed by atoms with Gasteiger partial charge < -0.3 is 25.0 Å². The number of benzene rings is 1. The van der Waals surface area contributed by atoms with Crippen LogP contribution in [0.25, 0.3) is 0 Å². The predicted octanol–water partition coefficient (Wildman–Crippen LogP) is 3.69. The number of carbonyl (C=O) groups is 1. The number of nitrogens with one attached hydrogen (secondary N) is 2. The minimum atomic E-state index is -3.73. The summed E-state index contributed by atoms with van der Waals surface area (Å²) < 4.78 is 59.9. The third-order valence-corrected chi connectivity index (χ3v) is 9.35. The minimum Gasteiger partial charge on any atom is -0.493 e. The Morgan fingerprint density at radius 3 is 2.33 bits per heavy atom. The first-order chi connectivity index (χ1) is 19.0. The van der Waals surface area contributed by atoms with Crippen molar-refractivity contribution in [3.05, 3.63) is 36.0 Å². The highest BCUT2D eigenvalue weighted by molar-refractivity contribution is 7.92. The number of pyridine rings is 1. The zero-order valence-corrected chi connectivity index (χ0v) is 23.3. The van der Waals surface area contributed by atoms with Gasteiger partial charge in [-0.2, -0.15) is 0 Å². The maximum atomic E-state index is 13.7. The number of piperidine rings is 2. The molecule has 2 aromatic rings. The normalized spacial score (nSPS) is 19.8. The summed E-state index contributed by atoms with van der Waals surface area (Å²) >= 11 is 0. The summed E-state index contributed by atoms with van der Waals surface area (Å²) in [6, 6.07) is 8.01. The van der Waals surface area contributed by atoms with Gasteiger partial charge >= 0.3 is 0 Å². The highest BCUT2D eigenvalue weighted by atomic mass is 32.2. The zero-order chi connectivity index (χ0) is 28.5. The number of halogens is 2. The maximum Gasteiger partial charge on any atom is 0.274 e. The van der Waals surface area contributed by atoms with Crippen LogP contribution in [0.5, 0.6) is 5.75 Å². The van der Waals surface area contributed by atoms with E-state index in [9.17, 15) is 22.0 Å². The number of amides is 1. The molecule has 10 nitrogen and oxygen atoms in total. The molecule has 1 aliphatic carbocycles. The summed E-state index contributed by atoms with van der Waals surface area (Å²) in [5, 5.41) is 12.0. The van der Waals surface area contributed by atoms with Gasteiger partial charge in [0.2, 0.25) is 10.0 Å². The number of alkyl halides is 2. The lowest BCUT2D eigenvalue weighted by Gasteiger charge is -2.35. The Hall–Kier alpha value is -3.19. The highest BCUT2D eigenvalue weighted by Gasteiger charge is 2.44. The summed E-state index contributed by atoms with van der Waals surface area (Å²) in [7, 11) is -2.26. The SMILES string of the molecule is COc1ccc(C(=O)Nc2ccc(NS(=O)(=O)CCO)cc2N2CCC3(CC2)CC3)nc1N1CCC(F)(F)CC1. The van der Waals surface area contributed by atoms with Crippen molar-refractivity contribution in [2.24, 2.45) is 5.41 Å². The standard InChI is InChI=1S/C27H35F2N5O5S/c1-39-23-5-4-21(30-24(23)34-14-10-27(28,29)11-15-34)25(36)31-20-3-2-19(32-40(37,38)17-16-35)18-22(20)33-12-8-26(6-7-26)9-13-33/h2-5,18,32,35H,6-17H2,1H3,(H,31,36). The molecule has 3 N–H and O–H groups in total. The van der Waals surface area contributed by atoms with Crippen LogP contribution in [0.2, 0.25) is 0 Å². The van der Waals surface area contributed by atoms with Gasteiger partial charge in [0.15, 0.2) is 11.6 Å². The Morgan fingerprint density at radius 1 is 1.02 bits per heavy atom. The summed E-state index contributed by atoms with van der Waals surface area (Å²) in [6.45, 7) is 1.24. The summed E-state index contributed by atoms with van der Waals surface area (Å²) in [5.41, 5.74) is 2.03. The molecular formula is C27H35F2N5O5S. The van der Waals surface area contributed by atoms with Gasteiger partial charge in [0.05, 0.1) is 36.5 Å². The zero-order valence-electron chi connectivity index (χ0n) is 22.5. The van der Waals surface area contributed by atoms with Crippen LogP contribution in [0.15, 0.2) is 30.3 Å². The molecule has 0 atom stereocenters. The number of hydrogen-bond donors (Lipinski definition) is 3. The Labute approximate surface area is 232 Å². The first-order valence-corrected chi connectivity index (χ1v) is 15.2. The fourth-order valence-corrected chi connectivity index (χ4v) is 6.22. The van der Waals surface area contributed by atoms with Gasteiger partial charge in [-0.1, -0.05) is 0 Å². The maximum absolute atomic E-state index is 13.7. The van der Waals surface area contributed by atoms with Gasteiger partial charge in [0, 0.05) is 39.0 Å². The Bertz CT molecular complexity index is 1350. The first-order valence-electron chi connectivity index (χ1n) is 13.5. The van der Waals surface area contributed by atoms with Crippen LogP contribution in [-0.4, -0.2) is 76.0 Å². The first kappa shape index (κ1) is 28.3. The van der Waals surface area contributed by atoms with Crippen LogP contribution in [0.1, 0.15) is 49.0 Å². The number of aliphatic hydroxyl groups is 1. The lowest BCUT2D eigenvalue weighted by molar-refractivity contribution is -0.0222. The Morgan fingerprint density at radius 2 is 1.70 bits per heavy atom. The van der Waals surface area contributed by atoms with E-state index in [0.29, 0.717) is 34.0 Å². The Balaban J connectivity index is 1.39.